The number of anilines is 1. The van der Waals surface area contributed by atoms with Crippen LogP contribution in [0.25, 0.3) is 0 Å². The number of amides is 1. The number of pyridine rings is 1. The molecule has 2 aromatic heterocycles. The fourth-order valence-electron chi connectivity index (χ4n) is 4.80. The lowest BCUT2D eigenvalue weighted by Gasteiger charge is -2.36. The summed E-state index contributed by atoms with van der Waals surface area (Å²) >= 11 is 1.98. The first kappa shape index (κ1) is 19.0. The number of nitrogens with two attached hydrogens (primary N) is 1. The van der Waals surface area contributed by atoms with Gasteiger partial charge in [0.1, 0.15) is 5.69 Å². The maximum atomic E-state index is 11.2. The number of hydrogen-bond acceptors (Lipinski definition) is 6. The molecule has 0 bridgehead atoms. The zero-order valence-electron chi connectivity index (χ0n) is 16.8. The molecule has 4 heterocycles. The van der Waals surface area contributed by atoms with Gasteiger partial charge in [-0.25, -0.2) is 9.97 Å². The summed E-state index contributed by atoms with van der Waals surface area (Å²) in [5.41, 5.74) is 8.05. The Balaban J connectivity index is 1.19. The van der Waals surface area contributed by atoms with Gasteiger partial charge in [-0.05, 0) is 44.2 Å². The lowest BCUT2D eigenvalue weighted by molar-refractivity contribution is 0.0995. The van der Waals surface area contributed by atoms with Crippen molar-refractivity contribution in [2.75, 3.05) is 31.1 Å². The number of nitrogens with zero attached hydrogens (tertiary/aromatic N) is 4. The van der Waals surface area contributed by atoms with Crippen LogP contribution in [0, 0.1) is 0 Å². The van der Waals surface area contributed by atoms with Crippen LogP contribution in [0.15, 0.2) is 18.3 Å². The van der Waals surface area contributed by atoms with Gasteiger partial charge >= 0.3 is 0 Å². The van der Waals surface area contributed by atoms with Gasteiger partial charge in [0.05, 0.1) is 22.6 Å². The molecular formula is C22H29N5OS. The molecule has 2 fully saturated rings. The highest BCUT2D eigenvalue weighted by Crippen LogP contribution is 2.36. The number of carbonyl (C=O) groups is 1. The highest BCUT2D eigenvalue weighted by Gasteiger charge is 2.29. The molecule has 2 aliphatic heterocycles. The first-order valence-electron chi connectivity index (χ1n) is 10.9. The number of rotatable bonds is 4. The molecule has 0 atom stereocenters. The maximum absolute atomic E-state index is 11.2. The van der Waals surface area contributed by atoms with Crippen LogP contribution in [0.2, 0.25) is 0 Å². The Bertz CT molecular complexity index is 842. The van der Waals surface area contributed by atoms with Crippen molar-refractivity contribution < 1.29 is 4.79 Å². The zero-order valence-corrected chi connectivity index (χ0v) is 17.7. The van der Waals surface area contributed by atoms with Crippen molar-refractivity contribution in [2.24, 2.45) is 5.73 Å². The van der Waals surface area contributed by atoms with Gasteiger partial charge < -0.3 is 10.6 Å². The summed E-state index contributed by atoms with van der Waals surface area (Å²) < 4.78 is 0. The van der Waals surface area contributed by atoms with Crippen molar-refractivity contribution in [3.8, 4) is 0 Å². The standard InChI is InChI=1S/C22H29N5OS/c23-21(28)19-5-4-17(14-24-19)27-10-6-15(7-11-27)22-25-18-8-12-26(16-2-1-3-16)13-9-20(18)29-22/h4-5,14-16H,1-3,6-13H2,(H2,23,28). The smallest absolute Gasteiger partial charge is 0.267 e. The highest BCUT2D eigenvalue weighted by atomic mass is 32.1. The molecule has 0 aromatic carbocycles. The predicted molar refractivity (Wildman–Crippen MR) is 116 cm³/mol. The van der Waals surface area contributed by atoms with E-state index < -0.39 is 5.91 Å². The van der Waals surface area contributed by atoms with Gasteiger partial charge in [0.2, 0.25) is 0 Å². The minimum Gasteiger partial charge on any atom is -0.370 e. The second-order valence-electron chi connectivity index (χ2n) is 8.57. The normalized spacial score (nSPS) is 21.4. The van der Waals surface area contributed by atoms with E-state index in [1.54, 1.807) is 12.3 Å². The third-order valence-corrected chi connectivity index (χ3v) is 8.18. The molecule has 2 aromatic rings. The molecule has 5 rings (SSSR count). The van der Waals surface area contributed by atoms with E-state index in [0.717, 1.165) is 44.1 Å². The molecule has 154 valence electrons. The van der Waals surface area contributed by atoms with E-state index >= 15 is 0 Å². The predicted octanol–water partition coefficient (Wildman–Crippen LogP) is 2.97. The van der Waals surface area contributed by atoms with Crippen molar-refractivity contribution in [1.29, 1.82) is 0 Å². The Hall–Kier alpha value is -1.99. The van der Waals surface area contributed by atoms with Crippen LogP contribution in [0.4, 0.5) is 5.69 Å². The maximum Gasteiger partial charge on any atom is 0.267 e. The van der Waals surface area contributed by atoms with Crippen LogP contribution in [0.5, 0.6) is 0 Å². The Morgan fingerprint density at radius 3 is 2.52 bits per heavy atom. The average molecular weight is 412 g/mol. The third-order valence-electron chi connectivity index (χ3n) is 6.86. The van der Waals surface area contributed by atoms with E-state index in [1.165, 1.54) is 54.4 Å². The molecule has 0 unspecified atom stereocenters. The van der Waals surface area contributed by atoms with Crippen LogP contribution in [-0.4, -0.2) is 53.0 Å². The van der Waals surface area contributed by atoms with Gasteiger partial charge in [0.25, 0.3) is 5.91 Å². The Morgan fingerprint density at radius 1 is 1.07 bits per heavy atom. The topological polar surface area (TPSA) is 75.4 Å². The van der Waals surface area contributed by atoms with Gasteiger partial charge in [-0.15, -0.1) is 11.3 Å². The van der Waals surface area contributed by atoms with Gasteiger partial charge in [-0.1, -0.05) is 6.42 Å². The first-order chi connectivity index (χ1) is 14.2. The van der Waals surface area contributed by atoms with E-state index in [1.807, 2.05) is 17.4 Å². The molecule has 1 saturated carbocycles. The number of hydrogen-bond donors (Lipinski definition) is 1. The second kappa shape index (κ2) is 8.03. The first-order valence-corrected chi connectivity index (χ1v) is 11.7. The quantitative estimate of drug-likeness (QED) is 0.837. The fourth-order valence-corrected chi connectivity index (χ4v) is 6.07. The number of aromatic nitrogens is 2. The number of piperidine rings is 1. The molecule has 3 aliphatic rings. The monoisotopic (exact) mass is 411 g/mol. The summed E-state index contributed by atoms with van der Waals surface area (Å²) in [5.74, 6) is 0.0957. The zero-order chi connectivity index (χ0) is 19.8. The molecule has 7 heteroatoms. The van der Waals surface area contributed by atoms with Crippen LogP contribution in [-0.2, 0) is 12.8 Å². The van der Waals surface area contributed by atoms with E-state index in [0.29, 0.717) is 11.6 Å². The second-order valence-corrected chi connectivity index (χ2v) is 9.69. The summed E-state index contributed by atoms with van der Waals surface area (Å²) in [7, 11) is 0. The number of thiazole rings is 1. The van der Waals surface area contributed by atoms with Crippen LogP contribution < -0.4 is 10.6 Å². The van der Waals surface area contributed by atoms with Crippen molar-refractivity contribution in [3.05, 3.63) is 39.6 Å². The molecule has 29 heavy (non-hydrogen) atoms. The molecule has 2 N–H and O–H groups in total. The van der Waals surface area contributed by atoms with Gasteiger partial charge in [0, 0.05) is 49.4 Å². The third kappa shape index (κ3) is 3.90. The Morgan fingerprint density at radius 2 is 1.86 bits per heavy atom. The molecule has 6 nitrogen and oxygen atoms in total. The van der Waals surface area contributed by atoms with E-state index in [4.69, 9.17) is 10.7 Å². The van der Waals surface area contributed by atoms with Crippen LogP contribution >= 0.6 is 11.3 Å². The minimum atomic E-state index is -0.477. The number of carbonyl (C=O) groups excluding carboxylic acids is 1. The van der Waals surface area contributed by atoms with Crippen LogP contribution in [0.3, 0.4) is 0 Å². The Labute approximate surface area is 176 Å². The van der Waals surface area contributed by atoms with E-state index in [-0.39, 0.29) is 0 Å². The lowest BCUT2D eigenvalue weighted by Crippen LogP contribution is -2.41. The molecule has 1 amide bonds. The molecule has 1 aliphatic carbocycles. The van der Waals surface area contributed by atoms with E-state index in [9.17, 15) is 4.79 Å². The molecular weight excluding hydrogens is 382 g/mol. The van der Waals surface area contributed by atoms with E-state index in [2.05, 4.69) is 14.8 Å². The largest absolute Gasteiger partial charge is 0.370 e. The summed E-state index contributed by atoms with van der Waals surface area (Å²) in [6.45, 7) is 4.41. The highest BCUT2D eigenvalue weighted by molar-refractivity contribution is 7.11. The summed E-state index contributed by atoms with van der Waals surface area (Å²) in [6, 6.07) is 4.51. The lowest BCUT2D eigenvalue weighted by atomic mass is 9.91. The molecule has 1 saturated heterocycles. The van der Waals surface area contributed by atoms with Crippen LogP contribution in [0.1, 0.15) is 64.1 Å². The molecule has 0 radical (unpaired) electrons. The minimum absolute atomic E-state index is 0.323. The number of primary amides is 1. The van der Waals surface area contributed by atoms with Crippen molar-refractivity contribution in [1.82, 2.24) is 14.9 Å². The van der Waals surface area contributed by atoms with Gasteiger partial charge in [-0.3, -0.25) is 9.69 Å². The number of fused-ring (bicyclic) bond motifs is 1. The van der Waals surface area contributed by atoms with Crippen molar-refractivity contribution in [2.45, 2.75) is 56.9 Å². The van der Waals surface area contributed by atoms with Gasteiger partial charge in [0.15, 0.2) is 0 Å². The summed E-state index contributed by atoms with van der Waals surface area (Å²) in [6.07, 6.45) is 10.5. The van der Waals surface area contributed by atoms with Crippen molar-refractivity contribution >= 4 is 22.9 Å². The van der Waals surface area contributed by atoms with Crippen molar-refractivity contribution in [3.63, 3.8) is 0 Å². The Kier molecular flexibility index (Phi) is 5.26. The summed E-state index contributed by atoms with van der Waals surface area (Å²) in [5, 5.41) is 1.36. The van der Waals surface area contributed by atoms with Gasteiger partial charge in [-0.2, -0.15) is 0 Å². The summed E-state index contributed by atoms with van der Waals surface area (Å²) in [4.78, 5) is 27.1. The SMILES string of the molecule is NC(=O)c1ccc(N2CCC(c3nc4c(s3)CCN(C3CCC3)CC4)CC2)cn1. The fraction of sp³-hybridized carbons (Fsp3) is 0.591. The molecule has 0 spiro atoms. The average Bonchev–Trinajstić information content (AvgIpc) is 3.02.